The monoisotopic (exact) mass is 356 g/mol. The summed E-state index contributed by atoms with van der Waals surface area (Å²) in [4.78, 5) is 28.1. The number of hydrogen-bond donors (Lipinski definition) is 0. The van der Waals surface area contributed by atoms with Crippen LogP contribution in [0.4, 0.5) is 0 Å². The van der Waals surface area contributed by atoms with Crippen LogP contribution < -0.4 is 0 Å². The van der Waals surface area contributed by atoms with E-state index in [4.69, 9.17) is 9.15 Å². The van der Waals surface area contributed by atoms with Crippen molar-refractivity contribution in [1.29, 1.82) is 0 Å². The third-order valence-corrected chi connectivity index (χ3v) is 5.56. The van der Waals surface area contributed by atoms with Gasteiger partial charge in [-0.15, -0.1) is 0 Å². The van der Waals surface area contributed by atoms with Crippen LogP contribution in [0.3, 0.4) is 0 Å². The molecule has 2 aliphatic rings. The van der Waals surface area contributed by atoms with Crippen molar-refractivity contribution in [1.82, 2.24) is 9.80 Å². The van der Waals surface area contributed by atoms with Crippen LogP contribution in [-0.4, -0.2) is 60.5 Å². The van der Waals surface area contributed by atoms with Gasteiger partial charge in [0.05, 0.1) is 25.8 Å². The van der Waals surface area contributed by atoms with Crippen LogP contribution in [0.25, 0.3) is 11.0 Å². The van der Waals surface area contributed by atoms with Gasteiger partial charge in [0.2, 0.25) is 11.8 Å². The lowest BCUT2D eigenvalue weighted by molar-refractivity contribution is -0.159. The average molecular weight is 356 g/mol. The Hall–Kier alpha value is -2.34. The zero-order valence-corrected chi connectivity index (χ0v) is 15.5. The first-order valence-corrected chi connectivity index (χ1v) is 9.00. The number of rotatable bonds is 2. The Labute approximate surface area is 152 Å². The van der Waals surface area contributed by atoms with E-state index in [1.807, 2.05) is 24.8 Å². The molecule has 2 saturated heterocycles. The van der Waals surface area contributed by atoms with Crippen molar-refractivity contribution in [2.45, 2.75) is 32.3 Å². The van der Waals surface area contributed by atoms with Gasteiger partial charge in [0.15, 0.2) is 0 Å². The van der Waals surface area contributed by atoms with E-state index in [0.29, 0.717) is 26.1 Å². The van der Waals surface area contributed by atoms with E-state index in [0.717, 1.165) is 34.1 Å². The van der Waals surface area contributed by atoms with E-state index < -0.39 is 5.60 Å². The molecule has 0 unspecified atom stereocenters. The molecule has 6 heteroatoms. The molecule has 1 atom stereocenters. The molecule has 138 valence electrons. The highest BCUT2D eigenvalue weighted by Gasteiger charge is 2.45. The molecule has 0 saturated carbocycles. The fourth-order valence-electron chi connectivity index (χ4n) is 4.23. The van der Waals surface area contributed by atoms with Crippen molar-refractivity contribution >= 4 is 22.8 Å². The summed E-state index contributed by atoms with van der Waals surface area (Å²) in [7, 11) is 1.79. The molecule has 1 aromatic heterocycles. The van der Waals surface area contributed by atoms with Crippen molar-refractivity contribution in [2.75, 3.05) is 33.3 Å². The molecule has 3 heterocycles. The maximum Gasteiger partial charge on any atom is 0.248 e. The van der Waals surface area contributed by atoms with Gasteiger partial charge in [-0.3, -0.25) is 9.59 Å². The highest BCUT2D eigenvalue weighted by atomic mass is 16.5. The molecule has 1 spiro atoms. The van der Waals surface area contributed by atoms with Gasteiger partial charge in [-0.05, 0) is 37.5 Å². The molecular weight excluding hydrogens is 332 g/mol. The number of carbonyl (C=O) groups is 2. The normalized spacial score (nSPS) is 23.4. The van der Waals surface area contributed by atoms with Crippen LogP contribution in [0.5, 0.6) is 0 Å². The van der Waals surface area contributed by atoms with Crippen LogP contribution >= 0.6 is 0 Å². The van der Waals surface area contributed by atoms with Gasteiger partial charge in [-0.1, -0.05) is 6.07 Å². The first-order chi connectivity index (χ1) is 12.4. The zero-order chi connectivity index (χ0) is 18.5. The van der Waals surface area contributed by atoms with Gasteiger partial charge in [-0.2, -0.15) is 0 Å². The molecule has 2 fully saturated rings. The van der Waals surface area contributed by atoms with Crippen molar-refractivity contribution in [3.05, 3.63) is 35.1 Å². The summed E-state index contributed by atoms with van der Waals surface area (Å²) in [5.74, 6) is 0.0729. The number of carbonyl (C=O) groups excluding carboxylic acids is 2. The van der Waals surface area contributed by atoms with Gasteiger partial charge >= 0.3 is 0 Å². The highest BCUT2D eigenvalue weighted by Crippen LogP contribution is 2.31. The number of furan rings is 1. The quantitative estimate of drug-likeness (QED) is 0.826. The Kier molecular flexibility index (Phi) is 4.03. The number of ether oxygens (including phenoxy) is 1. The summed E-state index contributed by atoms with van der Waals surface area (Å²) in [5.41, 5.74) is 3.63. The smallest absolute Gasteiger partial charge is 0.248 e. The number of morpholine rings is 1. The fourth-order valence-corrected chi connectivity index (χ4v) is 4.23. The lowest BCUT2D eigenvalue weighted by atomic mass is 10.0. The van der Waals surface area contributed by atoms with Crippen LogP contribution in [0.1, 0.15) is 23.1 Å². The summed E-state index contributed by atoms with van der Waals surface area (Å²) < 4.78 is 11.5. The Morgan fingerprint density at radius 1 is 1.27 bits per heavy atom. The predicted octanol–water partition coefficient (Wildman–Crippen LogP) is 2.05. The van der Waals surface area contributed by atoms with Crippen LogP contribution in [0.2, 0.25) is 0 Å². The molecule has 2 amide bonds. The first kappa shape index (κ1) is 17.1. The first-order valence-electron chi connectivity index (χ1n) is 9.00. The summed E-state index contributed by atoms with van der Waals surface area (Å²) in [6.45, 7) is 5.93. The van der Waals surface area contributed by atoms with Crippen molar-refractivity contribution in [2.24, 2.45) is 0 Å². The number of hydrogen-bond acceptors (Lipinski definition) is 4. The Bertz CT molecular complexity index is 887. The molecule has 6 nitrogen and oxygen atoms in total. The van der Waals surface area contributed by atoms with Crippen LogP contribution in [0.15, 0.2) is 22.8 Å². The van der Waals surface area contributed by atoms with Gasteiger partial charge in [0.25, 0.3) is 0 Å². The van der Waals surface area contributed by atoms with E-state index in [2.05, 4.69) is 6.07 Å². The molecule has 0 N–H and O–H groups in total. The molecular formula is C20H24N2O4. The number of likely N-dealkylation sites (N-methyl/N-ethyl adjacent to an activating group) is 1. The number of nitrogens with zero attached hydrogens (tertiary/aromatic N) is 2. The molecule has 0 aliphatic carbocycles. The average Bonchev–Trinajstić information content (AvgIpc) is 3.16. The topological polar surface area (TPSA) is 63.0 Å². The van der Waals surface area contributed by atoms with Gasteiger partial charge < -0.3 is 19.0 Å². The predicted molar refractivity (Wildman–Crippen MR) is 96.9 cm³/mol. The molecule has 2 aromatic rings. The molecule has 26 heavy (non-hydrogen) atoms. The van der Waals surface area contributed by atoms with Gasteiger partial charge in [0.1, 0.15) is 17.8 Å². The fraction of sp³-hybridized carbons (Fsp3) is 0.500. The zero-order valence-electron chi connectivity index (χ0n) is 15.5. The van der Waals surface area contributed by atoms with Crippen LogP contribution in [0, 0.1) is 13.8 Å². The minimum absolute atomic E-state index is 0.00367. The second-order valence-corrected chi connectivity index (χ2v) is 7.68. The second kappa shape index (κ2) is 6.13. The van der Waals surface area contributed by atoms with Crippen molar-refractivity contribution < 1.29 is 18.7 Å². The standard InChI is InChI=1S/C20H24N2O4/c1-13-6-14(2)19-15(9-25-16(19)7-13)8-17(23)22-5-4-20(12-22)11-21(3)18(24)10-26-20/h6-7,9H,4-5,8,10-12H2,1-3H3/t20-/m0/s1. The number of likely N-dealkylation sites (tertiary alicyclic amines) is 1. The molecule has 0 radical (unpaired) electrons. The lowest BCUT2D eigenvalue weighted by Gasteiger charge is -2.38. The SMILES string of the molecule is Cc1cc(C)c2c(CC(=O)N3CC[C@]4(CN(C)C(=O)CO4)C3)coc2c1. The van der Waals surface area contributed by atoms with Crippen molar-refractivity contribution in [3.63, 3.8) is 0 Å². The molecule has 2 aliphatic heterocycles. The summed E-state index contributed by atoms with van der Waals surface area (Å²) in [6.07, 6.45) is 2.78. The minimum Gasteiger partial charge on any atom is -0.464 e. The van der Waals surface area contributed by atoms with E-state index >= 15 is 0 Å². The van der Waals surface area contributed by atoms with E-state index in [-0.39, 0.29) is 18.4 Å². The Balaban J connectivity index is 1.49. The van der Waals surface area contributed by atoms with E-state index in [9.17, 15) is 9.59 Å². The number of benzene rings is 1. The summed E-state index contributed by atoms with van der Waals surface area (Å²) in [6, 6.07) is 4.11. The minimum atomic E-state index is -0.413. The second-order valence-electron chi connectivity index (χ2n) is 7.68. The maximum absolute atomic E-state index is 12.9. The number of amides is 2. The van der Waals surface area contributed by atoms with E-state index in [1.54, 1.807) is 18.2 Å². The largest absolute Gasteiger partial charge is 0.464 e. The summed E-state index contributed by atoms with van der Waals surface area (Å²) >= 11 is 0. The third-order valence-electron chi connectivity index (χ3n) is 5.56. The van der Waals surface area contributed by atoms with Gasteiger partial charge in [0, 0.05) is 24.5 Å². The Morgan fingerprint density at radius 2 is 2.08 bits per heavy atom. The maximum atomic E-state index is 12.9. The van der Waals surface area contributed by atoms with Crippen molar-refractivity contribution in [3.8, 4) is 0 Å². The highest BCUT2D eigenvalue weighted by molar-refractivity contribution is 5.90. The third kappa shape index (κ3) is 2.88. The molecule has 4 rings (SSSR count). The molecule has 1 aromatic carbocycles. The number of fused-ring (bicyclic) bond motifs is 1. The summed E-state index contributed by atoms with van der Waals surface area (Å²) in [5, 5.41) is 1.04. The van der Waals surface area contributed by atoms with Crippen LogP contribution in [-0.2, 0) is 20.7 Å². The van der Waals surface area contributed by atoms with E-state index in [1.165, 1.54) is 0 Å². The van der Waals surface area contributed by atoms with Gasteiger partial charge in [-0.25, -0.2) is 0 Å². The number of aryl methyl sites for hydroxylation is 2. The lowest BCUT2D eigenvalue weighted by Crippen LogP contribution is -2.54. The molecule has 0 bridgehead atoms. The Morgan fingerprint density at radius 3 is 2.85 bits per heavy atom.